The second kappa shape index (κ2) is 3.44. The van der Waals surface area contributed by atoms with Crippen LogP contribution in [0.1, 0.15) is 11.7 Å². The van der Waals surface area contributed by atoms with E-state index in [0.717, 1.165) is 0 Å². The Kier molecular flexibility index (Phi) is 2.49. The third-order valence-corrected chi connectivity index (χ3v) is 6.38. The number of epoxide rings is 1. The Morgan fingerprint density at radius 1 is 1.27 bits per heavy atom. The Hall–Kier alpha value is -0.643. The predicted molar refractivity (Wildman–Crippen MR) is 63.4 cm³/mol. The van der Waals surface area contributed by atoms with Crippen LogP contribution in [0, 0.1) is 0 Å². The molecular weight excluding hydrogens is 204 g/mol. The van der Waals surface area contributed by atoms with Gasteiger partial charge in [0.2, 0.25) is 0 Å². The third kappa shape index (κ3) is 1.65. The van der Waals surface area contributed by atoms with Crippen LogP contribution in [-0.2, 0) is 4.74 Å². The van der Waals surface area contributed by atoms with E-state index in [1.54, 1.807) is 0 Å². The summed E-state index contributed by atoms with van der Waals surface area (Å²) in [7, 11) is -1.49. The number of benzene rings is 1. The topological polar surface area (TPSA) is 32.8 Å². The van der Waals surface area contributed by atoms with E-state index in [9.17, 15) is 5.11 Å². The van der Waals surface area contributed by atoms with Gasteiger partial charge in [0.15, 0.2) is 0 Å². The quantitative estimate of drug-likeness (QED) is 0.629. The molecule has 0 amide bonds. The lowest BCUT2D eigenvalue weighted by Crippen LogP contribution is -2.45. The first-order valence-corrected chi connectivity index (χ1v) is 8.85. The Morgan fingerprint density at radius 2 is 1.87 bits per heavy atom. The maximum Gasteiger partial charge on any atom is 0.111 e. The van der Waals surface area contributed by atoms with E-state index in [1.807, 2.05) is 18.2 Å². The zero-order valence-electron chi connectivity index (χ0n) is 9.53. The first-order valence-electron chi connectivity index (χ1n) is 5.35. The van der Waals surface area contributed by atoms with E-state index in [0.29, 0.717) is 0 Å². The molecule has 1 N–H and O–H groups in total. The first kappa shape index (κ1) is 10.9. The Morgan fingerprint density at radius 3 is 2.27 bits per heavy atom. The minimum Gasteiger partial charge on any atom is -0.394 e. The Balaban J connectivity index is 2.24. The molecule has 0 aromatic heterocycles. The van der Waals surface area contributed by atoms with Crippen LogP contribution in [0.4, 0.5) is 0 Å². The van der Waals surface area contributed by atoms with Crippen molar-refractivity contribution in [2.45, 2.75) is 31.0 Å². The molecule has 2 nitrogen and oxygen atoms in total. The summed E-state index contributed by atoms with van der Waals surface area (Å²) in [5, 5.41) is 9.28. The van der Waals surface area contributed by atoms with Gasteiger partial charge >= 0.3 is 0 Å². The molecule has 2 atom stereocenters. The molecular formula is C12H18O2Si. The van der Waals surface area contributed by atoms with Crippen molar-refractivity contribution >= 4 is 8.07 Å². The van der Waals surface area contributed by atoms with Gasteiger partial charge in [0, 0.05) is 0 Å². The van der Waals surface area contributed by atoms with Crippen molar-refractivity contribution < 1.29 is 9.84 Å². The van der Waals surface area contributed by atoms with E-state index in [4.69, 9.17) is 4.74 Å². The maximum absolute atomic E-state index is 9.53. The summed E-state index contributed by atoms with van der Waals surface area (Å²) in [4.78, 5) is 0. The fourth-order valence-corrected chi connectivity index (χ4v) is 3.97. The molecule has 2 rings (SSSR count). The Labute approximate surface area is 91.9 Å². The summed E-state index contributed by atoms with van der Waals surface area (Å²) in [6, 6.07) is 10.2. The molecule has 0 aliphatic carbocycles. The van der Waals surface area contributed by atoms with Crippen LogP contribution in [0.2, 0.25) is 19.6 Å². The summed E-state index contributed by atoms with van der Waals surface area (Å²) < 4.78 is 5.82. The fourth-order valence-electron chi connectivity index (χ4n) is 2.07. The summed E-state index contributed by atoms with van der Waals surface area (Å²) in [6.45, 7) is 6.87. The normalized spacial score (nSPS) is 30.3. The molecule has 1 fully saturated rings. The lowest BCUT2D eigenvalue weighted by atomic mass is 10.1. The highest BCUT2D eigenvalue weighted by atomic mass is 28.3. The summed E-state index contributed by atoms with van der Waals surface area (Å²) in [5.41, 5.74) is 1.19. The van der Waals surface area contributed by atoms with Crippen molar-refractivity contribution in [3.05, 3.63) is 35.9 Å². The molecule has 1 aliphatic heterocycles. The predicted octanol–water partition coefficient (Wildman–Crippen LogP) is 2.37. The highest BCUT2D eigenvalue weighted by Crippen LogP contribution is 2.54. The lowest BCUT2D eigenvalue weighted by molar-refractivity contribution is 0.214. The van der Waals surface area contributed by atoms with Crippen LogP contribution in [0.15, 0.2) is 30.3 Å². The molecule has 0 radical (unpaired) electrons. The largest absolute Gasteiger partial charge is 0.394 e. The molecule has 1 aliphatic rings. The van der Waals surface area contributed by atoms with Gasteiger partial charge in [-0.3, -0.25) is 0 Å². The molecule has 0 unspecified atom stereocenters. The van der Waals surface area contributed by atoms with Gasteiger partial charge in [-0.15, -0.1) is 0 Å². The molecule has 0 spiro atoms. The number of aliphatic hydroxyl groups excluding tert-OH is 1. The van der Waals surface area contributed by atoms with Gasteiger partial charge in [-0.25, -0.2) is 0 Å². The number of aliphatic hydroxyl groups is 1. The van der Waals surface area contributed by atoms with Crippen LogP contribution in [0.3, 0.4) is 0 Å². The molecule has 15 heavy (non-hydrogen) atoms. The van der Waals surface area contributed by atoms with Gasteiger partial charge in [0.05, 0.1) is 14.7 Å². The van der Waals surface area contributed by atoms with E-state index in [-0.39, 0.29) is 17.9 Å². The molecule has 82 valence electrons. The SMILES string of the molecule is C[Si](C)(C)[C@@]1(CO)O[C@H]1c1ccccc1. The summed E-state index contributed by atoms with van der Waals surface area (Å²) in [6.07, 6.45) is 0.107. The van der Waals surface area contributed by atoms with Gasteiger partial charge in [-0.2, -0.15) is 0 Å². The van der Waals surface area contributed by atoms with E-state index in [2.05, 4.69) is 31.8 Å². The fraction of sp³-hybridized carbons (Fsp3) is 0.500. The summed E-state index contributed by atoms with van der Waals surface area (Å²) >= 11 is 0. The van der Waals surface area contributed by atoms with Gasteiger partial charge in [0.1, 0.15) is 11.3 Å². The second-order valence-electron chi connectivity index (χ2n) is 5.21. The van der Waals surface area contributed by atoms with Crippen molar-refractivity contribution in [2.75, 3.05) is 6.61 Å². The molecule has 0 bridgehead atoms. The van der Waals surface area contributed by atoms with Gasteiger partial charge in [-0.1, -0.05) is 50.0 Å². The Bertz CT molecular complexity index is 344. The second-order valence-corrected chi connectivity index (χ2v) is 10.6. The average Bonchev–Trinajstić information content (AvgIpc) is 2.94. The zero-order valence-corrected chi connectivity index (χ0v) is 10.5. The third-order valence-electron chi connectivity index (χ3n) is 3.30. The number of rotatable bonds is 3. The van der Waals surface area contributed by atoms with Crippen molar-refractivity contribution in [1.82, 2.24) is 0 Å². The van der Waals surface area contributed by atoms with E-state index < -0.39 is 8.07 Å². The summed E-state index contributed by atoms with van der Waals surface area (Å²) in [5.74, 6) is 0. The molecule has 1 aromatic rings. The first-order chi connectivity index (χ1) is 7.01. The number of hydrogen-bond acceptors (Lipinski definition) is 2. The van der Waals surface area contributed by atoms with Gasteiger partial charge < -0.3 is 9.84 Å². The molecule has 3 heteroatoms. The average molecular weight is 222 g/mol. The maximum atomic E-state index is 9.53. The van der Waals surface area contributed by atoms with Crippen LogP contribution in [-0.4, -0.2) is 25.0 Å². The minimum absolute atomic E-state index is 0.107. The van der Waals surface area contributed by atoms with Crippen molar-refractivity contribution in [1.29, 1.82) is 0 Å². The minimum atomic E-state index is -1.49. The van der Waals surface area contributed by atoms with Crippen LogP contribution >= 0.6 is 0 Å². The standard InChI is InChI=1S/C12H18O2Si/c1-15(2,3)12(9-13)11(14-12)10-7-5-4-6-8-10/h4-8,11,13H,9H2,1-3H3/t11-,12+/m0/s1. The van der Waals surface area contributed by atoms with Crippen LogP contribution in [0.25, 0.3) is 0 Å². The zero-order chi connectivity index (χ0) is 11.1. The number of hydrogen-bond donors (Lipinski definition) is 1. The van der Waals surface area contributed by atoms with Gasteiger partial charge in [0.25, 0.3) is 0 Å². The van der Waals surface area contributed by atoms with Crippen molar-refractivity contribution in [2.24, 2.45) is 0 Å². The lowest BCUT2D eigenvalue weighted by Gasteiger charge is -2.24. The molecule has 1 aromatic carbocycles. The highest BCUT2D eigenvalue weighted by molar-refractivity contribution is 6.79. The van der Waals surface area contributed by atoms with Crippen molar-refractivity contribution in [3.8, 4) is 0 Å². The molecule has 1 saturated heterocycles. The van der Waals surface area contributed by atoms with Crippen LogP contribution in [0.5, 0.6) is 0 Å². The smallest absolute Gasteiger partial charge is 0.111 e. The van der Waals surface area contributed by atoms with E-state index >= 15 is 0 Å². The van der Waals surface area contributed by atoms with Gasteiger partial charge in [-0.05, 0) is 5.56 Å². The molecule has 0 saturated carbocycles. The van der Waals surface area contributed by atoms with Crippen LogP contribution < -0.4 is 0 Å². The highest BCUT2D eigenvalue weighted by Gasteiger charge is 2.64. The monoisotopic (exact) mass is 222 g/mol. The molecule has 1 heterocycles. The van der Waals surface area contributed by atoms with Crippen molar-refractivity contribution in [3.63, 3.8) is 0 Å². The number of ether oxygens (including phenoxy) is 1. The van der Waals surface area contributed by atoms with E-state index in [1.165, 1.54) is 5.56 Å².